The maximum absolute atomic E-state index is 12.6. The Morgan fingerprint density at radius 3 is 2.09 bits per heavy atom. The molecule has 0 aromatic heterocycles. The molecule has 2 heterocycles. The Morgan fingerprint density at radius 1 is 1.00 bits per heavy atom. The smallest absolute Gasteiger partial charge is 0.237 e. The molecule has 0 radical (unpaired) electrons. The zero-order valence-corrected chi connectivity index (χ0v) is 15.2. The number of amides is 2. The number of likely N-dealkylation sites (tertiary alicyclic amines) is 2. The Balaban J connectivity index is 1.81. The average molecular weight is 323 g/mol. The van der Waals surface area contributed by atoms with Crippen molar-refractivity contribution in [1.29, 1.82) is 0 Å². The minimum atomic E-state index is -0.201. The Labute approximate surface area is 140 Å². The lowest BCUT2D eigenvalue weighted by Crippen LogP contribution is -2.53. The van der Waals surface area contributed by atoms with Crippen molar-refractivity contribution in [3.8, 4) is 0 Å². The maximum Gasteiger partial charge on any atom is 0.237 e. The number of carbonyl (C=O) groups excluding carboxylic acids is 2. The normalized spacial score (nSPS) is 22.7. The monoisotopic (exact) mass is 323 g/mol. The summed E-state index contributed by atoms with van der Waals surface area (Å²) in [7, 11) is 0. The first-order chi connectivity index (χ1) is 10.8. The zero-order chi connectivity index (χ0) is 17.0. The molecule has 2 aliphatic rings. The van der Waals surface area contributed by atoms with E-state index in [1.54, 1.807) is 0 Å². The Bertz CT molecular complexity index is 416. The number of carbonyl (C=O) groups is 2. The number of piperidine rings is 2. The molecule has 0 aromatic rings. The predicted molar refractivity (Wildman–Crippen MR) is 92.1 cm³/mol. The number of nitrogens with one attached hydrogen (secondary N) is 1. The van der Waals surface area contributed by atoms with E-state index in [9.17, 15) is 9.59 Å². The maximum atomic E-state index is 12.6. The molecular formula is C18H33N3O2. The minimum absolute atomic E-state index is 0.0818. The van der Waals surface area contributed by atoms with Gasteiger partial charge in [-0.05, 0) is 72.9 Å². The van der Waals surface area contributed by atoms with Crippen molar-refractivity contribution in [3.05, 3.63) is 0 Å². The van der Waals surface area contributed by atoms with E-state index in [1.807, 2.05) is 27.7 Å². The lowest BCUT2D eigenvalue weighted by atomic mass is 9.93. The van der Waals surface area contributed by atoms with Crippen LogP contribution in [0.25, 0.3) is 0 Å². The van der Waals surface area contributed by atoms with Gasteiger partial charge >= 0.3 is 0 Å². The topological polar surface area (TPSA) is 52.7 Å². The van der Waals surface area contributed by atoms with Gasteiger partial charge < -0.3 is 10.2 Å². The number of hydrogen-bond acceptors (Lipinski definition) is 3. The highest BCUT2D eigenvalue weighted by Gasteiger charge is 2.32. The molecule has 1 unspecified atom stereocenters. The number of rotatable bonds is 3. The van der Waals surface area contributed by atoms with E-state index >= 15 is 0 Å². The van der Waals surface area contributed by atoms with Crippen LogP contribution in [-0.2, 0) is 9.59 Å². The largest absolute Gasteiger partial charge is 0.350 e. The zero-order valence-electron chi connectivity index (χ0n) is 15.2. The summed E-state index contributed by atoms with van der Waals surface area (Å²) in [6.45, 7) is 11.5. The van der Waals surface area contributed by atoms with Gasteiger partial charge in [0.15, 0.2) is 0 Å². The van der Waals surface area contributed by atoms with E-state index in [4.69, 9.17) is 0 Å². The lowest BCUT2D eigenvalue weighted by molar-refractivity contribution is -0.138. The van der Waals surface area contributed by atoms with E-state index in [0.717, 1.165) is 51.9 Å². The standard InChI is InChI=1S/C18H33N3O2/c1-14(16(22)19-18(2,3)4)20-12-8-15(9-13-20)17(23)21-10-6-5-7-11-21/h14-15H,5-13H2,1-4H3,(H,19,22). The molecule has 23 heavy (non-hydrogen) atoms. The average Bonchev–Trinajstić information content (AvgIpc) is 2.53. The van der Waals surface area contributed by atoms with Crippen molar-refractivity contribution in [3.63, 3.8) is 0 Å². The molecule has 0 spiro atoms. The summed E-state index contributed by atoms with van der Waals surface area (Å²) < 4.78 is 0. The predicted octanol–water partition coefficient (Wildman–Crippen LogP) is 2.01. The lowest BCUT2D eigenvalue weighted by Gasteiger charge is -2.38. The van der Waals surface area contributed by atoms with Crippen LogP contribution in [0, 0.1) is 5.92 Å². The van der Waals surface area contributed by atoms with Gasteiger partial charge in [-0.25, -0.2) is 0 Å². The molecule has 2 amide bonds. The van der Waals surface area contributed by atoms with Gasteiger partial charge in [0.1, 0.15) is 0 Å². The minimum Gasteiger partial charge on any atom is -0.350 e. The molecule has 2 saturated heterocycles. The fourth-order valence-electron chi connectivity index (χ4n) is 3.55. The first-order valence-electron chi connectivity index (χ1n) is 9.13. The van der Waals surface area contributed by atoms with E-state index in [0.29, 0.717) is 5.91 Å². The quantitative estimate of drug-likeness (QED) is 0.864. The fraction of sp³-hybridized carbons (Fsp3) is 0.889. The van der Waals surface area contributed by atoms with E-state index in [1.165, 1.54) is 6.42 Å². The van der Waals surface area contributed by atoms with Crippen LogP contribution in [-0.4, -0.2) is 59.4 Å². The molecule has 1 N–H and O–H groups in total. The van der Waals surface area contributed by atoms with Crippen molar-refractivity contribution >= 4 is 11.8 Å². The second-order valence-corrected chi connectivity index (χ2v) is 8.11. The third-order valence-corrected chi connectivity index (χ3v) is 4.97. The van der Waals surface area contributed by atoms with Gasteiger partial charge in [0.25, 0.3) is 0 Å². The van der Waals surface area contributed by atoms with Gasteiger partial charge in [0.2, 0.25) is 11.8 Å². The molecule has 2 aliphatic heterocycles. The molecule has 0 aromatic carbocycles. The van der Waals surface area contributed by atoms with Crippen LogP contribution < -0.4 is 5.32 Å². The molecule has 2 fully saturated rings. The van der Waals surface area contributed by atoms with Crippen LogP contribution in [0.15, 0.2) is 0 Å². The summed E-state index contributed by atoms with van der Waals surface area (Å²) in [5, 5.41) is 3.05. The van der Waals surface area contributed by atoms with Gasteiger partial charge in [-0.1, -0.05) is 0 Å². The SMILES string of the molecule is CC(C(=O)NC(C)(C)C)N1CCC(C(=O)N2CCCCC2)CC1. The Hall–Kier alpha value is -1.10. The molecule has 5 nitrogen and oxygen atoms in total. The van der Waals surface area contributed by atoms with Crippen LogP contribution in [0.2, 0.25) is 0 Å². The third kappa shape index (κ3) is 5.20. The summed E-state index contributed by atoms with van der Waals surface area (Å²) in [5.74, 6) is 0.580. The highest BCUT2D eigenvalue weighted by Crippen LogP contribution is 2.23. The van der Waals surface area contributed by atoms with Crippen LogP contribution >= 0.6 is 0 Å². The van der Waals surface area contributed by atoms with Crippen LogP contribution in [0.4, 0.5) is 0 Å². The van der Waals surface area contributed by atoms with Gasteiger partial charge in [0, 0.05) is 24.5 Å². The summed E-state index contributed by atoms with van der Waals surface area (Å²) >= 11 is 0. The summed E-state index contributed by atoms with van der Waals surface area (Å²) in [6.07, 6.45) is 5.30. The molecule has 2 rings (SSSR count). The molecule has 0 aliphatic carbocycles. The highest BCUT2D eigenvalue weighted by molar-refractivity contribution is 5.82. The van der Waals surface area contributed by atoms with Crippen LogP contribution in [0.5, 0.6) is 0 Å². The third-order valence-electron chi connectivity index (χ3n) is 4.97. The Morgan fingerprint density at radius 2 is 1.57 bits per heavy atom. The fourth-order valence-corrected chi connectivity index (χ4v) is 3.55. The first-order valence-corrected chi connectivity index (χ1v) is 9.13. The molecular weight excluding hydrogens is 290 g/mol. The number of hydrogen-bond donors (Lipinski definition) is 1. The van der Waals surface area contributed by atoms with Crippen molar-refractivity contribution in [2.24, 2.45) is 5.92 Å². The molecule has 0 bridgehead atoms. The molecule has 5 heteroatoms. The van der Waals surface area contributed by atoms with E-state index < -0.39 is 0 Å². The van der Waals surface area contributed by atoms with Gasteiger partial charge in [-0.3, -0.25) is 14.5 Å². The second kappa shape index (κ2) is 7.65. The van der Waals surface area contributed by atoms with Crippen molar-refractivity contribution in [2.75, 3.05) is 26.2 Å². The first kappa shape index (κ1) is 18.2. The number of nitrogens with zero attached hydrogens (tertiary/aromatic N) is 2. The molecule has 132 valence electrons. The Kier molecular flexibility index (Phi) is 6.06. The van der Waals surface area contributed by atoms with Crippen molar-refractivity contribution < 1.29 is 9.59 Å². The van der Waals surface area contributed by atoms with Crippen molar-refractivity contribution in [1.82, 2.24) is 15.1 Å². The van der Waals surface area contributed by atoms with Crippen LogP contribution in [0.3, 0.4) is 0 Å². The van der Waals surface area contributed by atoms with Gasteiger partial charge in [-0.15, -0.1) is 0 Å². The summed E-state index contributed by atoms with van der Waals surface area (Å²) in [5.41, 5.74) is -0.201. The molecule has 1 atom stereocenters. The summed E-state index contributed by atoms with van der Waals surface area (Å²) in [4.78, 5) is 29.1. The van der Waals surface area contributed by atoms with E-state index in [2.05, 4.69) is 15.1 Å². The molecule has 0 saturated carbocycles. The van der Waals surface area contributed by atoms with E-state index in [-0.39, 0.29) is 23.4 Å². The van der Waals surface area contributed by atoms with Gasteiger partial charge in [0.05, 0.1) is 6.04 Å². The van der Waals surface area contributed by atoms with Crippen LogP contribution in [0.1, 0.15) is 59.8 Å². The summed E-state index contributed by atoms with van der Waals surface area (Å²) in [6, 6.07) is -0.125. The van der Waals surface area contributed by atoms with Gasteiger partial charge in [-0.2, -0.15) is 0 Å². The van der Waals surface area contributed by atoms with Crippen molar-refractivity contribution in [2.45, 2.75) is 71.4 Å². The second-order valence-electron chi connectivity index (χ2n) is 8.11. The highest BCUT2D eigenvalue weighted by atomic mass is 16.2.